The summed E-state index contributed by atoms with van der Waals surface area (Å²) in [6, 6.07) is 17.4. The van der Waals surface area contributed by atoms with E-state index in [-0.39, 0.29) is 6.04 Å². The van der Waals surface area contributed by atoms with E-state index in [0.717, 1.165) is 16.6 Å². The normalized spacial score (nSPS) is 12.5. The topological polar surface area (TPSA) is 29.3 Å². The van der Waals surface area contributed by atoms with Crippen LogP contribution < -0.4 is 10.6 Å². The number of anilines is 1. The zero-order valence-electron chi connectivity index (χ0n) is 12.9. The molecule has 0 saturated carbocycles. The highest BCUT2D eigenvalue weighted by atomic mass is 79.9. The van der Waals surface area contributed by atoms with Crippen molar-refractivity contribution in [2.45, 2.75) is 39.4 Å². The van der Waals surface area contributed by atoms with Crippen LogP contribution in [0.2, 0.25) is 0 Å². The molecule has 0 heterocycles. The molecule has 112 valence electrons. The number of hydrogen-bond acceptors (Lipinski definition) is 2. The van der Waals surface area contributed by atoms with E-state index in [1.807, 2.05) is 6.92 Å². The Balaban J connectivity index is 2.30. The van der Waals surface area contributed by atoms with E-state index in [1.54, 1.807) is 0 Å². The van der Waals surface area contributed by atoms with Crippen molar-refractivity contribution in [3.63, 3.8) is 0 Å². The molecule has 0 spiro atoms. The van der Waals surface area contributed by atoms with Gasteiger partial charge in [-0.1, -0.05) is 36.4 Å². The summed E-state index contributed by atoms with van der Waals surface area (Å²) in [4.78, 5) is 2.39. The molecule has 2 aromatic rings. The smallest absolute Gasteiger partial charge is 0.0516 e. The van der Waals surface area contributed by atoms with E-state index >= 15 is 0 Å². The van der Waals surface area contributed by atoms with Crippen LogP contribution in [-0.4, -0.2) is 6.04 Å². The van der Waals surface area contributed by atoms with Gasteiger partial charge in [0, 0.05) is 23.1 Å². The van der Waals surface area contributed by atoms with Crippen molar-refractivity contribution in [1.29, 1.82) is 0 Å². The minimum Gasteiger partial charge on any atom is -0.364 e. The van der Waals surface area contributed by atoms with Gasteiger partial charge >= 0.3 is 0 Å². The molecular weight excluding hydrogens is 324 g/mol. The highest BCUT2D eigenvalue weighted by Crippen LogP contribution is 2.31. The van der Waals surface area contributed by atoms with Gasteiger partial charge in [-0.3, -0.25) is 0 Å². The Morgan fingerprint density at radius 3 is 2.24 bits per heavy atom. The van der Waals surface area contributed by atoms with Gasteiger partial charge in [-0.25, -0.2) is 0 Å². The molecule has 0 radical (unpaired) electrons. The van der Waals surface area contributed by atoms with Crippen LogP contribution in [0.4, 0.5) is 5.69 Å². The first kappa shape index (κ1) is 16.1. The van der Waals surface area contributed by atoms with Crippen LogP contribution >= 0.6 is 15.9 Å². The zero-order valence-corrected chi connectivity index (χ0v) is 14.5. The monoisotopic (exact) mass is 346 g/mol. The largest absolute Gasteiger partial charge is 0.364 e. The molecular formula is C18H23BrN2. The summed E-state index contributed by atoms with van der Waals surface area (Å²) >= 11 is 3.70. The molecule has 3 heteroatoms. The van der Waals surface area contributed by atoms with Crippen LogP contribution in [0.15, 0.2) is 53.0 Å². The molecule has 0 saturated heterocycles. The number of halogens is 1. The number of rotatable bonds is 5. The second-order valence-corrected chi connectivity index (χ2v) is 6.56. The van der Waals surface area contributed by atoms with Crippen molar-refractivity contribution in [3.05, 3.63) is 64.1 Å². The third-order valence-corrected chi connectivity index (χ3v) is 4.26. The van der Waals surface area contributed by atoms with Crippen LogP contribution in [0.5, 0.6) is 0 Å². The summed E-state index contributed by atoms with van der Waals surface area (Å²) in [6.07, 6.45) is 0. The molecule has 0 unspecified atom stereocenters. The lowest BCUT2D eigenvalue weighted by Gasteiger charge is -2.30. The predicted molar refractivity (Wildman–Crippen MR) is 94.5 cm³/mol. The van der Waals surface area contributed by atoms with Crippen LogP contribution in [-0.2, 0) is 6.54 Å². The number of hydrogen-bond donors (Lipinski definition) is 1. The minimum atomic E-state index is 0.0528. The third kappa shape index (κ3) is 4.08. The maximum atomic E-state index is 5.96. The maximum Gasteiger partial charge on any atom is 0.0516 e. The van der Waals surface area contributed by atoms with Crippen LogP contribution in [0, 0.1) is 0 Å². The van der Waals surface area contributed by atoms with Gasteiger partial charge in [0.25, 0.3) is 0 Å². The van der Waals surface area contributed by atoms with Gasteiger partial charge in [-0.15, -0.1) is 0 Å². The average Bonchev–Trinajstić information content (AvgIpc) is 2.46. The standard InChI is InChI=1S/C18H23BrN2/c1-13(2)21(12-15-7-5-4-6-8-15)18-10-9-16(14(3)20)11-17(18)19/h4-11,13-14H,12,20H2,1-3H3/t14-/m1/s1. The Kier molecular flexibility index (Phi) is 5.43. The highest BCUT2D eigenvalue weighted by molar-refractivity contribution is 9.10. The fourth-order valence-corrected chi connectivity index (χ4v) is 2.99. The van der Waals surface area contributed by atoms with Crippen molar-refractivity contribution in [2.24, 2.45) is 5.73 Å². The highest BCUT2D eigenvalue weighted by Gasteiger charge is 2.15. The van der Waals surface area contributed by atoms with E-state index in [0.29, 0.717) is 6.04 Å². The summed E-state index contributed by atoms with van der Waals surface area (Å²) < 4.78 is 1.10. The van der Waals surface area contributed by atoms with Crippen molar-refractivity contribution in [3.8, 4) is 0 Å². The molecule has 21 heavy (non-hydrogen) atoms. The molecule has 2 nitrogen and oxygen atoms in total. The van der Waals surface area contributed by atoms with Gasteiger partial charge in [0.2, 0.25) is 0 Å². The lowest BCUT2D eigenvalue weighted by molar-refractivity contribution is 0.680. The lowest BCUT2D eigenvalue weighted by Crippen LogP contribution is -2.30. The van der Waals surface area contributed by atoms with Crippen LogP contribution in [0.25, 0.3) is 0 Å². The van der Waals surface area contributed by atoms with E-state index in [9.17, 15) is 0 Å². The molecule has 2 rings (SSSR count). The summed E-state index contributed by atoms with van der Waals surface area (Å²) in [5.41, 5.74) is 9.63. The molecule has 0 amide bonds. The quantitative estimate of drug-likeness (QED) is 0.835. The Morgan fingerprint density at radius 2 is 1.71 bits per heavy atom. The van der Waals surface area contributed by atoms with Crippen molar-refractivity contribution < 1.29 is 0 Å². The number of benzene rings is 2. The Labute approximate surface area is 136 Å². The first-order valence-corrected chi connectivity index (χ1v) is 8.14. The Bertz CT molecular complexity index is 579. The first-order valence-electron chi connectivity index (χ1n) is 7.34. The van der Waals surface area contributed by atoms with Gasteiger partial charge in [0.15, 0.2) is 0 Å². The summed E-state index contributed by atoms with van der Waals surface area (Å²) in [6.45, 7) is 7.34. The van der Waals surface area contributed by atoms with Gasteiger partial charge in [0.05, 0.1) is 5.69 Å². The molecule has 2 N–H and O–H groups in total. The molecule has 2 aromatic carbocycles. The lowest BCUT2D eigenvalue weighted by atomic mass is 10.1. The van der Waals surface area contributed by atoms with Gasteiger partial charge in [0.1, 0.15) is 0 Å². The first-order chi connectivity index (χ1) is 9.99. The SMILES string of the molecule is CC(C)N(Cc1ccccc1)c1ccc([C@@H](C)N)cc1Br. The zero-order chi connectivity index (χ0) is 15.4. The fourth-order valence-electron chi connectivity index (χ4n) is 2.37. The van der Waals surface area contributed by atoms with Gasteiger partial charge in [-0.2, -0.15) is 0 Å². The van der Waals surface area contributed by atoms with Crippen molar-refractivity contribution in [1.82, 2.24) is 0 Å². The van der Waals surface area contributed by atoms with Crippen molar-refractivity contribution >= 4 is 21.6 Å². The number of nitrogens with zero attached hydrogens (tertiary/aromatic N) is 1. The molecule has 0 aliphatic carbocycles. The van der Waals surface area contributed by atoms with E-state index in [1.165, 1.54) is 11.3 Å². The van der Waals surface area contributed by atoms with Crippen LogP contribution in [0.3, 0.4) is 0 Å². The molecule has 1 atom stereocenters. The second kappa shape index (κ2) is 7.10. The Morgan fingerprint density at radius 1 is 1.05 bits per heavy atom. The molecule has 0 fully saturated rings. The minimum absolute atomic E-state index is 0.0528. The maximum absolute atomic E-state index is 5.96. The predicted octanol–water partition coefficient (Wildman–Crippen LogP) is 4.88. The Hall–Kier alpha value is -1.32. The third-order valence-electron chi connectivity index (χ3n) is 3.63. The molecule has 0 aromatic heterocycles. The number of nitrogens with two attached hydrogens (primary N) is 1. The fraction of sp³-hybridized carbons (Fsp3) is 0.333. The molecule has 0 aliphatic rings. The summed E-state index contributed by atoms with van der Waals surface area (Å²) in [5, 5.41) is 0. The van der Waals surface area contributed by atoms with Gasteiger partial charge in [-0.05, 0) is 60.0 Å². The molecule has 0 aliphatic heterocycles. The second-order valence-electron chi connectivity index (χ2n) is 5.71. The van der Waals surface area contributed by atoms with Crippen molar-refractivity contribution in [2.75, 3.05) is 4.90 Å². The van der Waals surface area contributed by atoms with E-state index < -0.39 is 0 Å². The average molecular weight is 347 g/mol. The van der Waals surface area contributed by atoms with E-state index in [4.69, 9.17) is 5.73 Å². The molecule has 0 bridgehead atoms. The van der Waals surface area contributed by atoms with Crippen LogP contribution in [0.1, 0.15) is 37.9 Å². The van der Waals surface area contributed by atoms with E-state index in [2.05, 4.69) is 83.2 Å². The summed E-state index contributed by atoms with van der Waals surface area (Å²) in [7, 11) is 0. The van der Waals surface area contributed by atoms with Gasteiger partial charge < -0.3 is 10.6 Å². The summed E-state index contributed by atoms with van der Waals surface area (Å²) in [5.74, 6) is 0.